The van der Waals surface area contributed by atoms with Gasteiger partial charge in [0.1, 0.15) is 65.4 Å². The lowest BCUT2D eigenvalue weighted by Gasteiger charge is -2.44. The lowest BCUT2D eigenvalue weighted by molar-refractivity contribution is -0.337. The second-order valence-electron chi connectivity index (χ2n) is 13.1. The van der Waals surface area contributed by atoms with Gasteiger partial charge in [-0.15, -0.1) is 0 Å². The van der Waals surface area contributed by atoms with Crippen LogP contribution < -0.4 is 14.9 Å². The first-order valence-corrected chi connectivity index (χ1v) is 16.6. The van der Waals surface area contributed by atoms with Gasteiger partial charge in [-0.1, -0.05) is 0 Å². The molecule has 0 saturated carbocycles. The first-order chi connectivity index (χ1) is 26.0. The highest BCUT2D eigenvalue weighted by Gasteiger charge is 2.54. The maximum atomic E-state index is 14.2. The summed E-state index contributed by atoms with van der Waals surface area (Å²) in [5.41, 5.74) is -3.97. The van der Waals surface area contributed by atoms with Crippen LogP contribution >= 0.6 is 0 Å². The van der Waals surface area contributed by atoms with Gasteiger partial charge in [-0.3, -0.25) is 4.79 Å². The molecule has 0 bridgehead atoms. The van der Waals surface area contributed by atoms with Crippen molar-refractivity contribution in [2.24, 2.45) is 0 Å². The second-order valence-corrected chi connectivity index (χ2v) is 13.1. The number of methoxy groups -OCH3 is 1. The van der Waals surface area contributed by atoms with Gasteiger partial charge in [-0.05, 0) is 18.2 Å². The molecule has 3 saturated heterocycles. The molecule has 4 heterocycles. The number of hydrogen-bond donors (Lipinski definition) is 13. The SMILES string of the molecule is COc1c(O)cc2oc(-c3ccc(O)c(O)c3)c(O[C@H]3O[C@@H](CO[C@@H]4O[C@@H](CO)[C@H](O)[C@H](O)[C@H]4O)[C@H](O)[C@H](O)[C@@H]3O[C@@H]3OC[C@@](O)(CO)[C@@H]3O)c(=O)c2c1O. The molecule has 3 aliphatic heterocycles. The van der Waals surface area contributed by atoms with E-state index in [0.717, 1.165) is 25.3 Å². The van der Waals surface area contributed by atoms with Gasteiger partial charge in [0.05, 0.1) is 33.5 Å². The Balaban J connectivity index is 1.42. The Labute approximate surface area is 308 Å². The maximum Gasteiger partial charge on any atom is 0.239 e. The van der Waals surface area contributed by atoms with E-state index in [-0.39, 0.29) is 5.56 Å². The van der Waals surface area contributed by atoms with Crippen LogP contribution in [0.25, 0.3) is 22.3 Å². The van der Waals surface area contributed by atoms with Crippen molar-refractivity contribution in [1.29, 1.82) is 0 Å². The molecule has 55 heavy (non-hydrogen) atoms. The zero-order valence-corrected chi connectivity index (χ0v) is 28.6. The summed E-state index contributed by atoms with van der Waals surface area (Å²) in [4.78, 5) is 14.2. The summed E-state index contributed by atoms with van der Waals surface area (Å²) in [7, 11) is 1.08. The normalized spacial score (nSPS) is 35.2. The Morgan fingerprint density at radius 3 is 2.13 bits per heavy atom. The van der Waals surface area contributed by atoms with Crippen LogP contribution in [0, 0.1) is 0 Å². The molecule has 0 radical (unpaired) electrons. The van der Waals surface area contributed by atoms with Gasteiger partial charge in [0.25, 0.3) is 0 Å². The highest BCUT2D eigenvalue weighted by atomic mass is 16.8. The molecule has 6 rings (SSSR count). The third-order valence-electron chi connectivity index (χ3n) is 9.51. The third kappa shape index (κ3) is 7.34. The van der Waals surface area contributed by atoms with Crippen molar-refractivity contribution in [2.75, 3.05) is 33.5 Å². The Hall–Kier alpha value is -4.11. The highest BCUT2D eigenvalue weighted by molar-refractivity contribution is 5.91. The van der Waals surface area contributed by atoms with Gasteiger partial charge in [-0.2, -0.15) is 0 Å². The largest absolute Gasteiger partial charge is 0.504 e. The highest BCUT2D eigenvalue weighted by Crippen LogP contribution is 2.45. The average molecular weight is 789 g/mol. The van der Waals surface area contributed by atoms with Crippen molar-refractivity contribution in [3.8, 4) is 45.8 Å². The van der Waals surface area contributed by atoms with Crippen molar-refractivity contribution in [3.05, 3.63) is 34.5 Å². The van der Waals surface area contributed by atoms with Crippen molar-refractivity contribution in [3.63, 3.8) is 0 Å². The van der Waals surface area contributed by atoms with E-state index in [1.807, 2.05) is 0 Å². The monoisotopic (exact) mass is 788 g/mol. The molecule has 3 aromatic rings. The summed E-state index contributed by atoms with van der Waals surface area (Å²) in [5, 5.41) is 135. The van der Waals surface area contributed by atoms with Crippen LogP contribution in [-0.4, -0.2) is 179 Å². The van der Waals surface area contributed by atoms with Crippen molar-refractivity contribution in [1.82, 2.24) is 0 Å². The van der Waals surface area contributed by atoms with E-state index in [1.54, 1.807) is 0 Å². The number of aromatic hydroxyl groups is 4. The number of fused-ring (bicyclic) bond motifs is 1. The van der Waals surface area contributed by atoms with Crippen molar-refractivity contribution in [2.45, 2.75) is 79.4 Å². The summed E-state index contributed by atoms with van der Waals surface area (Å²) in [6.07, 6.45) is -22.1. The number of phenolic OH excluding ortho intramolecular Hbond substituents is 4. The minimum atomic E-state index is -2.22. The molecule has 1 aromatic heterocycles. The Morgan fingerprint density at radius 2 is 1.49 bits per heavy atom. The number of benzene rings is 2. The first-order valence-electron chi connectivity index (χ1n) is 16.6. The Bertz CT molecular complexity index is 1900. The summed E-state index contributed by atoms with van der Waals surface area (Å²) in [5.74, 6) is -4.71. The van der Waals surface area contributed by atoms with E-state index in [1.165, 1.54) is 6.07 Å². The topological polar surface area (TPSA) is 358 Å². The lowest BCUT2D eigenvalue weighted by Crippen LogP contribution is -2.63. The smallest absolute Gasteiger partial charge is 0.239 e. The Kier molecular flexibility index (Phi) is 11.6. The van der Waals surface area contributed by atoms with Crippen LogP contribution in [0.15, 0.2) is 33.5 Å². The zero-order chi connectivity index (χ0) is 40.1. The number of ether oxygens (including phenoxy) is 7. The van der Waals surface area contributed by atoms with Crippen molar-refractivity contribution >= 4 is 11.0 Å². The molecular weight excluding hydrogens is 748 g/mol. The fourth-order valence-corrected chi connectivity index (χ4v) is 6.31. The number of rotatable bonds is 11. The fraction of sp³-hybridized carbons (Fsp3) is 0.545. The molecule has 2 aromatic carbocycles. The van der Waals surface area contributed by atoms with Gasteiger partial charge in [0.15, 0.2) is 47.4 Å². The third-order valence-corrected chi connectivity index (χ3v) is 9.51. The van der Waals surface area contributed by atoms with Gasteiger partial charge >= 0.3 is 0 Å². The van der Waals surface area contributed by atoms with Gasteiger partial charge < -0.3 is 104 Å². The van der Waals surface area contributed by atoms with Crippen LogP contribution in [0.1, 0.15) is 0 Å². The lowest BCUT2D eigenvalue weighted by atomic mass is 9.97. The van der Waals surface area contributed by atoms with E-state index in [2.05, 4.69) is 0 Å². The number of hydrogen-bond acceptors (Lipinski definition) is 22. The molecule has 22 nitrogen and oxygen atoms in total. The minimum absolute atomic E-state index is 0.141. The van der Waals surface area contributed by atoms with Crippen LogP contribution in [-0.2, 0) is 23.7 Å². The molecule has 3 fully saturated rings. The van der Waals surface area contributed by atoms with Gasteiger partial charge in [0, 0.05) is 11.6 Å². The number of aliphatic hydroxyl groups is 9. The zero-order valence-electron chi connectivity index (χ0n) is 28.6. The molecule has 0 spiro atoms. The minimum Gasteiger partial charge on any atom is -0.504 e. The second kappa shape index (κ2) is 15.8. The molecule has 13 N–H and O–H groups in total. The van der Waals surface area contributed by atoms with Gasteiger partial charge in [0.2, 0.25) is 23.2 Å². The fourth-order valence-electron chi connectivity index (χ4n) is 6.31. The molecular formula is C33H40O22. The first kappa shape index (κ1) is 40.6. The van der Waals surface area contributed by atoms with E-state index >= 15 is 0 Å². The van der Waals surface area contributed by atoms with E-state index < -0.39 is 162 Å². The molecule has 0 unspecified atom stereocenters. The predicted molar refractivity (Wildman–Crippen MR) is 175 cm³/mol. The molecule has 304 valence electrons. The number of phenols is 4. The molecule has 0 aliphatic carbocycles. The van der Waals surface area contributed by atoms with Crippen molar-refractivity contribution < 1.29 is 104 Å². The summed E-state index contributed by atoms with van der Waals surface area (Å²) in [6, 6.07) is 4.09. The van der Waals surface area contributed by atoms with E-state index in [4.69, 9.17) is 37.6 Å². The summed E-state index contributed by atoms with van der Waals surface area (Å²) >= 11 is 0. The average Bonchev–Trinajstić information content (AvgIpc) is 3.44. The quantitative estimate of drug-likeness (QED) is 0.0818. The van der Waals surface area contributed by atoms with E-state index in [0.29, 0.717) is 0 Å². The molecule has 3 aliphatic rings. The maximum absolute atomic E-state index is 14.2. The van der Waals surface area contributed by atoms with E-state index in [9.17, 15) is 71.2 Å². The molecule has 13 atom stereocenters. The molecule has 22 heteroatoms. The van der Waals surface area contributed by atoms with Gasteiger partial charge in [-0.25, -0.2) is 0 Å². The van der Waals surface area contributed by atoms with Crippen LogP contribution in [0.5, 0.6) is 34.5 Å². The van der Waals surface area contributed by atoms with Crippen LogP contribution in [0.4, 0.5) is 0 Å². The van der Waals surface area contributed by atoms with Crippen LogP contribution in [0.3, 0.4) is 0 Å². The standard InChI is InChI=1S/C33H40O22/c1-48-26-13(38)5-14-17(20(26)41)21(42)27(25(51-14)10-2-3-11(36)12(37)4-10)54-31-28(55-32-29(46)33(47,8-35)9-50-32)23(44)19(40)16(53-31)7-49-30-24(45)22(43)18(39)15(6-34)52-30/h2-5,15-16,18-19,22-24,28-32,34-41,43-47H,6-9H2,1H3/t15-,16-,18-,19-,22-,23-,24+,28-,29+,30+,31+,32-,33-/m0/s1. The summed E-state index contributed by atoms with van der Waals surface area (Å²) < 4.78 is 44.6. The predicted octanol–water partition coefficient (Wildman–Crippen LogP) is -4.24. The number of aliphatic hydroxyl groups excluding tert-OH is 8. The Morgan fingerprint density at radius 1 is 0.800 bits per heavy atom. The van der Waals surface area contributed by atoms with Crippen LogP contribution in [0.2, 0.25) is 0 Å². The summed E-state index contributed by atoms with van der Waals surface area (Å²) in [6.45, 7) is -3.22. The molecule has 0 amide bonds.